The minimum absolute atomic E-state index is 0.0268. The van der Waals surface area contributed by atoms with E-state index in [0.717, 1.165) is 23.8 Å². The lowest BCUT2D eigenvalue weighted by molar-refractivity contribution is -0.385. The molecule has 0 fully saturated rings. The summed E-state index contributed by atoms with van der Waals surface area (Å²) in [5.74, 6) is -0.878. The number of carbonyl (C=O) groups is 1. The maximum atomic E-state index is 12.8. The van der Waals surface area contributed by atoms with Crippen molar-refractivity contribution < 1.29 is 27.1 Å². The summed E-state index contributed by atoms with van der Waals surface area (Å²) < 4.78 is 36.1. The number of nitriles is 1. The Balaban J connectivity index is 1.92. The van der Waals surface area contributed by atoms with Gasteiger partial charge in [-0.1, -0.05) is 18.2 Å². The van der Waals surface area contributed by atoms with E-state index in [4.69, 9.17) is 8.92 Å². The van der Waals surface area contributed by atoms with E-state index in [1.807, 2.05) is 19.1 Å². The Hall–Kier alpha value is -4.21. The number of aryl methyl sites for hydroxylation is 1. The number of nitrogens with zero attached hydrogens (tertiary/aromatic N) is 2. The SMILES string of the molecule is COc1cc(/C=C(\C#N)C(=O)Nc2cccc(C)c2)cc(Br)c1OS(=O)(=O)c1cccc([N+](=O)[O-])c1. The maximum Gasteiger partial charge on any atom is 0.339 e. The topological polar surface area (TPSA) is 149 Å². The van der Waals surface area contributed by atoms with Crippen molar-refractivity contribution in [1.82, 2.24) is 0 Å². The second-order valence-corrected chi connectivity index (χ2v) is 9.72. The van der Waals surface area contributed by atoms with Crippen LogP contribution < -0.4 is 14.2 Å². The molecule has 3 aromatic carbocycles. The Kier molecular flexibility index (Phi) is 8.08. The van der Waals surface area contributed by atoms with Gasteiger partial charge in [0.25, 0.3) is 11.6 Å². The fraction of sp³-hybridized carbons (Fsp3) is 0.0833. The molecule has 1 amide bonds. The zero-order chi connectivity index (χ0) is 26.5. The number of nitrogens with one attached hydrogen (secondary N) is 1. The molecular weight excluding hydrogens is 554 g/mol. The third kappa shape index (κ3) is 6.26. The highest BCUT2D eigenvalue weighted by atomic mass is 79.9. The molecule has 3 rings (SSSR count). The number of rotatable bonds is 8. The van der Waals surface area contributed by atoms with Crippen LogP contribution in [0.2, 0.25) is 0 Å². The number of nitro groups is 1. The van der Waals surface area contributed by atoms with Crippen LogP contribution >= 0.6 is 15.9 Å². The lowest BCUT2D eigenvalue weighted by Gasteiger charge is -2.13. The fourth-order valence-electron chi connectivity index (χ4n) is 3.05. The molecule has 0 bridgehead atoms. The lowest BCUT2D eigenvalue weighted by atomic mass is 10.1. The van der Waals surface area contributed by atoms with Gasteiger partial charge in [-0.05, 0) is 70.4 Å². The second kappa shape index (κ2) is 11.0. The number of methoxy groups -OCH3 is 1. The third-order valence-corrected chi connectivity index (χ3v) is 6.52. The summed E-state index contributed by atoms with van der Waals surface area (Å²) >= 11 is 3.22. The Bertz CT molecular complexity index is 1530. The second-order valence-electron chi connectivity index (χ2n) is 7.32. The van der Waals surface area contributed by atoms with E-state index >= 15 is 0 Å². The van der Waals surface area contributed by atoms with Gasteiger partial charge in [0.2, 0.25) is 0 Å². The molecule has 0 aliphatic rings. The molecule has 0 unspecified atom stereocenters. The van der Waals surface area contributed by atoms with E-state index in [1.54, 1.807) is 18.2 Å². The van der Waals surface area contributed by atoms with Gasteiger partial charge in [0, 0.05) is 17.8 Å². The Labute approximate surface area is 215 Å². The van der Waals surface area contributed by atoms with Crippen LogP contribution in [-0.2, 0) is 14.9 Å². The minimum atomic E-state index is -4.46. The summed E-state index contributed by atoms with van der Waals surface area (Å²) in [5.41, 5.74) is 1.17. The van der Waals surface area contributed by atoms with E-state index in [2.05, 4.69) is 21.2 Å². The van der Waals surface area contributed by atoms with Crippen molar-refractivity contribution in [2.45, 2.75) is 11.8 Å². The summed E-state index contributed by atoms with van der Waals surface area (Å²) in [6.07, 6.45) is 1.30. The first-order valence-corrected chi connectivity index (χ1v) is 12.3. The largest absolute Gasteiger partial charge is 0.493 e. The smallest absolute Gasteiger partial charge is 0.339 e. The van der Waals surface area contributed by atoms with Gasteiger partial charge >= 0.3 is 10.1 Å². The van der Waals surface area contributed by atoms with Crippen LogP contribution in [0.4, 0.5) is 11.4 Å². The number of amides is 1. The number of hydrogen-bond acceptors (Lipinski definition) is 8. The average Bonchev–Trinajstić information content (AvgIpc) is 2.83. The van der Waals surface area contributed by atoms with E-state index in [1.165, 1.54) is 31.4 Å². The highest BCUT2D eigenvalue weighted by Gasteiger charge is 2.24. The van der Waals surface area contributed by atoms with Crippen molar-refractivity contribution in [3.05, 3.63) is 92.0 Å². The highest BCUT2D eigenvalue weighted by molar-refractivity contribution is 9.10. The Morgan fingerprint density at radius 2 is 1.89 bits per heavy atom. The molecule has 3 aromatic rings. The highest BCUT2D eigenvalue weighted by Crippen LogP contribution is 2.39. The van der Waals surface area contributed by atoms with Gasteiger partial charge < -0.3 is 14.2 Å². The molecule has 0 aliphatic heterocycles. The van der Waals surface area contributed by atoms with E-state index in [9.17, 15) is 28.6 Å². The van der Waals surface area contributed by atoms with Gasteiger partial charge in [0.1, 0.15) is 16.5 Å². The van der Waals surface area contributed by atoms with Gasteiger partial charge in [-0.3, -0.25) is 14.9 Å². The van der Waals surface area contributed by atoms with Gasteiger partial charge in [-0.25, -0.2) is 0 Å². The van der Waals surface area contributed by atoms with E-state index < -0.39 is 31.5 Å². The normalized spacial score (nSPS) is 11.3. The molecule has 0 aromatic heterocycles. The zero-order valence-electron chi connectivity index (χ0n) is 18.9. The summed E-state index contributed by atoms with van der Waals surface area (Å²) in [7, 11) is -3.19. The summed E-state index contributed by atoms with van der Waals surface area (Å²) in [6.45, 7) is 1.86. The molecule has 0 aliphatic carbocycles. The number of non-ortho nitro benzene ring substituents is 1. The van der Waals surface area contributed by atoms with Crippen LogP contribution in [0, 0.1) is 28.4 Å². The molecule has 1 N–H and O–H groups in total. The van der Waals surface area contributed by atoms with E-state index in [0.29, 0.717) is 11.3 Å². The molecular formula is C24H18BrN3O7S. The van der Waals surface area contributed by atoms with Crippen LogP contribution in [0.3, 0.4) is 0 Å². The Morgan fingerprint density at radius 1 is 1.17 bits per heavy atom. The lowest BCUT2D eigenvalue weighted by Crippen LogP contribution is -2.13. The first kappa shape index (κ1) is 26.4. The summed E-state index contributed by atoms with van der Waals surface area (Å²) in [5, 5.41) is 23.1. The number of anilines is 1. The number of halogens is 1. The molecule has 184 valence electrons. The molecule has 10 nitrogen and oxygen atoms in total. The molecule has 0 saturated heterocycles. The molecule has 0 heterocycles. The summed E-state index contributed by atoms with van der Waals surface area (Å²) in [6, 6.07) is 16.1. The minimum Gasteiger partial charge on any atom is -0.493 e. The number of carbonyl (C=O) groups excluding carboxylic acids is 1. The number of hydrogen-bond donors (Lipinski definition) is 1. The molecule has 36 heavy (non-hydrogen) atoms. The van der Waals surface area contributed by atoms with Gasteiger partial charge in [0.05, 0.1) is 16.5 Å². The standard InChI is InChI=1S/C24H18BrN3O7S/c1-15-5-3-6-18(9-15)27-24(29)17(14-26)10-16-11-21(25)23(22(12-16)34-2)35-36(32,33)20-8-4-7-19(13-20)28(30)31/h3-13H,1-2H3,(H,27,29)/b17-10+. The van der Waals surface area contributed by atoms with Gasteiger partial charge in [-0.2, -0.15) is 13.7 Å². The maximum absolute atomic E-state index is 12.8. The van der Waals surface area contributed by atoms with Crippen LogP contribution in [0.5, 0.6) is 11.5 Å². The van der Waals surface area contributed by atoms with Gasteiger partial charge in [0.15, 0.2) is 11.5 Å². The third-order valence-electron chi connectivity index (χ3n) is 4.71. The first-order valence-electron chi connectivity index (χ1n) is 10.1. The zero-order valence-corrected chi connectivity index (χ0v) is 21.3. The van der Waals surface area contributed by atoms with Crippen LogP contribution in [0.15, 0.2) is 75.6 Å². The monoisotopic (exact) mass is 571 g/mol. The van der Waals surface area contributed by atoms with Gasteiger partial charge in [-0.15, -0.1) is 0 Å². The quantitative estimate of drug-likeness (QED) is 0.131. The van der Waals surface area contributed by atoms with E-state index in [-0.39, 0.29) is 21.5 Å². The van der Waals surface area contributed by atoms with Crippen molar-refractivity contribution in [2.75, 3.05) is 12.4 Å². The van der Waals surface area contributed by atoms with Crippen molar-refractivity contribution in [3.8, 4) is 17.6 Å². The first-order chi connectivity index (χ1) is 17.0. The number of nitro benzene ring substituents is 1. The van der Waals surface area contributed by atoms with Crippen molar-refractivity contribution in [3.63, 3.8) is 0 Å². The molecule has 0 atom stereocenters. The van der Waals surface area contributed by atoms with Crippen LogP contribution in [-0.4, -0.2) is 26.4 Å². The molecule has 0 spiro atoms. The molecule has 0 saturated carbocycles. The van der Waals surface area contributed by atoms with Crippen molar-refractivity contribution >= 4 is 49.4 Å². The predicted octanol–water partition coefficient (Wildman–Crippen LogP) is 4.99. The predicted molar refractivity (Wildman–Crippen MR) is 135 cm³/mol. The molecule has 12 heteroatoms. The Morgan fingerprint density at radius 3 is 2.53 bits per heavy atom. The summed E-state index contributed by atoms with van der Waals surface area (Å²) in [4.78, 5) is 22.4. The van der Waals surface area contributed by atoms with Crippen molar-refractivity contribution in [2.24, 2.45) is 0 Å². The van der Waals surface area contributed by atoms with Crippen molar-refractivity contribution in [1.29, 1.82) is 5.26 Å². The number of ether oxygens (including phenoxy) is 1. The number of benzene rings is 3. The average molecular weight is 572 g/mol. The fourth-order valence-corrected chi connectivity index (χ4v) is 4.70. The van der Waals surface area contributed by atoms with Crippen LogP contribution in [0.25, 0.3) is 6.08 Å². The van der Waals surface area contributed by atoms with Crippen LogP contribution in [0.1, 0.15) is 11.1 Å². The molecule has 0 radical (unpaired) electrons.